The molecule has 1 aromatic rings. The molecule has 0 spiro atoms. The third-order valence-corrected chi connectivity index (χ3v) is 1.76. The fourth-order valence-electron chi connectivity index (χ4n) is 1.06. The number of aliphatic hydroxyl groups is 1. The Labute approximate surface area is 85.5 Å². The Balaban J connectivity index is 2.58. The van der Waals surface area contributed by atoms with Crippen molar-refractivity contribution in [1.82, 2.24) is 15.3 Å². The van der Waals surface area contributed by atoms with Crippen molar-refractivity contribution in [3.05, 3.63) is 22.4 Å². The summed E-state index contributed by atoms with van der Waals surface area (Å²) < 4.78 is 4.78. The van der Waals surface area contributed by atoms with Crippen LogP contribution in [0.5, 0.6) is 0 Å². The molecule has 1 aromatic heterocycles. The molecule has 0 aliphatic heterocycles. The fraction of sp³-hybridized carbons (Fsp3) is 0.500. The highest BCUT2D eigenvalue weighted by atomic mass is 16.5. The number of H-pyrrole nitrogens is 2. The third-order valence-electron chi connectivity index (χ3n) is 1.76. The van der Waals surface area contributed by atoms with E-state index in [2.05, 4.69) is 15.3 Å². The quantitative estimate of drug-likeness (QED) is 0.476. The Kier molecular flexibility index (Phi) is 4.07. The SMILES string of the molecule is COCC(CO)NC(=O)c1c[nH]c(=O)[nH]1. The summed E-state index contributed by atoms with van der Waals surface area (Å²) in [5, 5.41) is 11.4. The van der Waals surface area contributed by atoms with Crippen molar-refractivity contribution in [3.8, 4) is 0 Å². The maximum absolute atomic E-state index is 11.4. The molecule has 1 rings (SSSR count). The predicted molar refractivity (Wildman–Crippen MR) is 51.6 cm³/mol. The van der Waals surface area contributed by atoms with E-state index in [1.165, 1.54) is 13.3 Å². The Hall–Kier alpha value is -1.60. The highest BCUT2D eigenvalue weighted by molar-refractivity contribution is 5.92. The second-order valence-corrected chi connectivity index (χ2v) is 2.96. The largest absolute Gasteiger partial charge is 0.394 e. The number of aromatic nitrogens is 2. The zero-order valence-corrected chi connectivity index (χ0v) is 8.24. The minimum Gasteiger partial charge on any atom is -0.394 e. The molecule has 0 aliphatic carbocycles. The van der Waals surface area contributed by atoms with E-state index in [9.17, 15) is 9.59 Å². The standard InChI is InChI=1S/C8H13N3O4/c1-15-4-5(3-12)10-7(13)6-2-9-8(14)11-6/h2,5,12H,3-4H2,1H3,(H,10,13)(H2,9,11,14). The minimum atomic E-state index is -0.485. The molecule has 4 N–H and O–H groups in total. The molecule has 0 saturated heterocycles. The number of hydrogen-bond donors (Lipinski definition) is 4. The molecule has 1 unspecified atom stereocenters. The Morgan fingerprint density at radius 2 is 2.47 bits per heavy atom. The highest BCUT2D eigenvalue weighted by Crippen LogP contribution is 1.90. The van der Waals surface area contributed by atoms with Gasteiger partial charge in [-0.15, -0.1) is 0 Å². The van der Waals surface area contributed by atoms with E-state index in [1.54, 1.807) is 0 Å². The van der Waals surface area contributed by atoms with Gasteiger partial charge in [0.1, 0.15) is 5.69 Å². The number of aliphatic hydroxyl groups excluding tert-OH is 1. The van der Waals surface area contributed by atoms with Crippen LogP contribution < -0.4 is 11.0 Å². The molecule has 0 saturated carbocycles. The van der Waals surface area contributed by atoms with Crippen LogP contribution >= 0.6 is 0 Å². The first kappa shape index (κ1) is 11.5. The molecule has 7 heteroatoms. The Morgan fingerprint density at radius 3 is 2.93 bits per heavy atom. The number of nitrogens with one attached hydrogen (secondary N) is 3. The fourth-order valence-corrected chi connectivity index (χ4v) is 1.06. The van der Waals surface area contributed by atoms with Gasteiger partial charge >= 0.3 is 5.69 Å². The van der Waals surface area contributed by atoms with Crippen LogP contribution in [0.25, 0.3) is 0 Å². The van der Waals surface area contributed by atoms with Crippen molar-refractivity contribution in [3.63, 3.8) is 0 Å². The molecule has 15 heavy (non-hydrogen) atoms. The second-order valence-electron chi connectivity index (χ2n) is 2.96. The Morgan fingerprint density at radius 1 is 1.73 bits per heavy atom. The highest BCUT2D eigenvalue weighted by Gasteiger charge is 2.13. The van der Waals surface area contributed by atoms with Crippen LogP contribution in [0.1, 0.15) is 10.5 Å². The lowest BCUT2D eigenvalue weighted by atomic mass is 10.3. The van der Waals surface area contributed by atoms with Crippen LogP contribution in [0.15, 0.2) is 11.0 Å². The van der Waals surface area contributed by atoms with E-state index in [0.29, 0.717) is 0 Å². The van der Waals surface area contributed by atoms with Crippen molar-refractivity contribution >= 4 is 5.91 Å². The average Bonchev–Trinajstić information content (AvgIpc) is 2.64. The lowest BCUT2D eigenvalue weighted by molar-refractivity contribution is 0.0835. The van der Waals surface area contributed by atoms with E-state index in [-0.39, 0.29) is 18.9 Å². The average molecular weight is 215 g/mol. The summed E-state index contributed by atoms with van der Waals surface area (Å²) >= 11 is 0. The minimum absolute atomic E-state index is 0.120. The monoisotopic (exact) mass is 215 g/mol. The smallest absolute Gasteiger partial charge is 0.323 e. The molecule has 1 heterocycles. The summed E-state index contributed by atoms with van der Waals surface area (Å²) in [5.74, 6) is -0.468. The number of carbonyl (C=O) groups is 1. The van der Waals surface area contributed by atoms with Crippen molar-refractivity contribution in [2.75, 3.05) is 20.3 Å². The van der Waals surface area contributed by atoms with Crippen molar-refractivity contribution < 1.29 is 14.6 Å². The van der Waals surface area contributed by atoms with Gasteiger partial charge in [0.2, 0.25) is 0 Å². The van der Waals surface area contributed by atoms with Gasteiger partial charge in [-0.25, -0.2) is 4.79 Å². The number of hydrogen-bond acceptors (Lipinski definition) is 4. The van der Waals surface area contributed by atoms with Gasteiger partial charge in [0, 0.05) is 13.3 Å². The van der Waals surface area contributed by atoms with Crippen LogP contribution in [0.2, 0.25) is 0 Å². The molecular formula is C8H13N3O4. The predicted octanol–water partition coefficient (Wildman–Crippen LogP) is -1.56. The normalized spacial score (nSPS) is 12.4. The van der Waals surface area contributed by atoms with E-state index >= 15 is 0 Å². The molecule has 0 bridgehead atoms. The van der Waals surface area contributed by atoms with Crippen LogP contribution in [-0.4, -0.2) is 47.3 Å². The van der Waals surface area contributed by atoms with E-state index in [0.717, 1.165) is 0 Å². The van der Waals surface area contributed by atoms with Gasteiger partial charge in [-0.2, -0.15) is 0 Å². The van der Waals surface area contributed by atoms with Gasteiger partial charge in [0.05, 0.1) is 19.3 Å². The molecule has 1 atom stereocenters. The summed E-state index contributed by atoms with van der Waals surface area (Å²) in [7, 11) is 1.47. The van der Waals surface area contributed by atoms with Crippen molar-refractivity contribution in [2.24, 2.45) is 0 Å². The number of rotatable bonds is 5. The van der Waals surface area contributed by atoms with Crippen molar-refractivity contribution in [1.29, 1.82) is 0 Å². The summed E-state index contributed by atoms with van der Waals surface area (Å²) in [6, 6.07) is -0.485. The van der Waals surface area contributed by atoms with Crippen LogP contribution in [0.3, 0.4) is 0 Å². The maximum atomic E-state index is 11.4. The molecule has 1 amide bonds. The molecule has 84 valence electrons. The number of imidazole rings is 1. The summed E-state index contributed by atoms with van der Waals surface area (Å²) in [6.45, 7) is -0.0227. The van der Waals surface area contributed by atoms with E-state index in [1.807, 2.05) is 0 Å². The van der Waals surface area contributed by atoms with Gasteiger partial charge in [-0.05, 0) is 0 Å². The number of methoxy groups -OCH3 is 1. The lowest BCUT2D eigenvalue weighted by Crippen LogP contribution is -2.40. The van der Waals surface area contributed by atoms with Crippen molar-refractivity contribution in [2.45, 2.75) is 6.04 Å². The number of aromatic amines is 2. The number of carbonyl (C=O) groups excluding carboxylic acids is 1. The second kappa shape index (κ2) is 5.32. The molecule has 0 aliphatic rings. The topological polar surface area (TPSA) is 107 Å². The first-order chi connectivity index (χ1) is 7.17. The molecule has 0 fully saturated rings. The van der Waals surface area contributed by atoms with Gasteiger partial charge < -0.3 is 25.1 Å². The van der Waals surface area contributed by atoms with Gasteiger partial charge in [-0.1, -0.05) is 0 Å². The van der Waals surface area contributed by atoms with Crippen LogP contribution in [0, 0.1) is 0 Å². The first-order valence-corrected chi connectivity index (χ1v) is 4.35. The molecule has 0 radical (unpaired) electrons. The molecule has 0 aromatic carbocycles. The molecule has 7 nitrogen and oxygen atoms in total. The maximum Gasteiger partial charge on any atom is 0.323 e. The lowest BCUT2D eigenvalue weighted by Gasteiger charge is -2.13. The first-order valence-electron chi connectivity index (χ1n) is 4.35. The zero-order valence-electron chi connectivity index (χ0n) is 8.24. The van der Waals surface area contributed by atoms with Crippen LogP contribution in [-0.2, 0) is 4.74 Å². The molecular weight excluding hydrogens is 202 g/mol. The summed E-state index contributed by atoms with van der Waals surface area (Å²) in [6.07, 6.45) is 1.26. The van der Waals surface area contributed by atoms with Gasteiger partial charge in [0.15, 0.2) is 0 Å². The number of ether oxygens (including phenoxy) is 1. The van der Waals surface area contributed by atoms with Gasteiger partial charge in [0.25, 0.3) is 5.91 Å². The van der Waals surface area contributed by atoms with Crippen LogP contribution in [0.4, 0.5) is 0 Å². The third kappa shape index (κ3) is 3.22. The zero-order chi connectivity index (χ0) is 11.3. The number of amides is 1. The van der Waals surface area contributed by atoms with Gasteiger partial charge in [-0.3, -0.25) is 4.79 Å². The summed E-state index contributed by atoms with van der Waals surface area (Å²) in [4.78, 5) is 26.8. The van der Waals surface area contributed by atoms with E-state index in [4.69, 9.17) is 9.84 Å². The van der Waals surface area contributed by atoms with E-state index < -0.39 is 17.6 Å². The summed E-state index contributed by atoms with van der Waals surface area (Å²) in [5.41, 5.74) is -0.331. The Bertz CT molecular complexity index is 370.